The third-order valence-electron chi connectivity index (χ3n) is 8.09. The van der Waals surface area contributed by atoms with Crippen molar-refractivity contribution >= 4 is 34.8 Å². The molecule has 4 atom stereocenters. The lowest BCUT2D eigenvalue weighted by molar-refractivity contribution is -0.384. The van der Waals surface area contributed by atoms with Gasteiger partial charge in [-0.3, -0.25) is 29.4 Å². The van der Waals surface area contributed by atoms with Crippen molar-refractivity contribution in [3.8, 4) is 0 Å². The fraction of sp³-hybridized carbons (Fsp3) is 0.400. The zero-order valence-electron chi connectivity index (χ0n) is 18.9. The standard InChI is InChI=1S/C25H24N4O5/c1-3-26-18-8-5-4-7-16(18)25(24(26)32)21-20(19-9-6-12-27(19)25)22(30)28(23(21)31)17-11-10-15(29(33)34)13-14(17)2/h4-5,7-8,10-11,13,19-21H,3,6,9,12H2,1-2H3/t19-,20-,21-,25-/m1/s1. The quantitative estimate of drug-likeness (QED) is 0.396. The van der Waals surface area contributed by atoms with E-state index >= 15 is 0 Å². The lowest BCUT2D eigenvalue weighted by Gasteiger charge is -2.37. The van der Waals surface area contributed by atoms with Gasteiger partial charge in [0.2, 0.25) is 11.8 Å². The first-order valence-electron chi connectivity index (χ1n) is 11.6. The molecule has 9 heteroatoms. The van der Waals surface area contributed by atoms with Crippen LogP contribution in [0.15, 0.2) is 42.5 Å². The highest BCUT2D eigenvalue weighted by Crippen LogP contribution is 2.61. The molecule has 4 aliphatic heterocycles. The number of aryl methyl sites for hydroxylation is 1. The molecule has 0 unspecified atom stereocenters. The lowest BCUT2D eigenvalue weighted by atomic mass is 9.75. The monoisotopic (exact) mass is 460 g/mol. The highest BCUT2D eigenvalue weighted by molar-refractivity contribution is 6.26. The number of carbonyl (C=O) groups excluding carboxylic acids is 3. The number of benzene rings is 2. The summed E-state index contributed by atoms with van der Waals surface area (Å²) in [6.07, 6.45) is 1.60. The number of anilines is 2. The number of non-ortho nitro benzene ring substituents is 1. The molecule has 0 N–H and O–H groups in total. The first kappa shape index (κ1) is 21.0. The summed E-state index contributed by atoms with van der Waals surface area (Å²) in [5.74, 6) is -2.31. The van der Waals surface area contributed by atoms with Crippen molar-refractivity contribution in [2.45, 2.75) is 38.3 Å². The topological polar surface area (TPSA) is 104 Å². The zero-order chi connectivity index (χ0) is 23.9. The second kappa shape index (κ2) is 6.96. The third-order valence-corrected chi connectivity index (χ3v) is 8.09. The average Bonchev–Trinajstić information content (AvgIpc) is 3.52. The van der Waals surface area contributed by atoms with Gasteiger partial charge in [-0.1, -0.05) is 18.2 Å². The van der Waals surface area contributed by atoms with E-state index in [0.29, 0.717) is 24.3 Å². The van der Waals surface area contributed by atoms with E-state index in [1.807, 2.05) is 31.2 Å². The molecule has 2 aromatic carbocycles. The van der Waals surface area contributed by atoms with E-state index in [1.165, 1.54) is 23.1 Å². The maximum Gasteiger partial charge on any atom is 0.269 e. The Morgan fingerprint density at radius 3 is 2.56 bits per heavy atom. The van der Waals surface area contributed by atoms with Gasteiger partial charge < -0.3 is 4.90 Å². The molecule has 0 saturated carbocycles. The Labute approximate surface area is 196 Å². The first-order chi connectivity index (χ1) is 16.3. The number of hydrogen-bond donors (Lipinski definition) is 0. The van der Waals surface area contributed by atoms with E-state index in [2.05, 4.69) is 4.90 Å². The lowest BCUT2D eigenvalue weighted by Crippen LogP contribution is -2.56. The summed E-state index contributed by atoms with van der Waals surface area (Å²) in [5.41, 5.74) is 1.12. The van der Waals surface area contributed by atoms with Gasteiger partial charge in [-0.15, -0.1) is 0 Å². The molecule has 4 heterocycles. The Balaban J connectivity index is 1.54. The minimum atomic E-state index is -1.20. The largest absolute Gasteiger partial charge is 0.310 e. The molecular formula is C25H24N4O5. The molecule has 3 fully saturated rings. The summed E-state index contributed by atoms with van der Waals surface area (Å²) in [7, 11) is 0. The number of para-hydroxylation sites is 1. The Hall–Kier alpha value is -3.59. The fourth-order valence-electron chi connectivity index (χ4n) is 6.90. The van der Waals surface area contributed by atoms with Crippen LogP contribution in [0.3, 0.4) is 0 Å². The molecule has 34 heavy (non-hydrogen) atoms. The molecule has 9 nitrogen and oxygen atoms in total. The summed E-state index contributed by atoms with van der Waals surface area (Å²) in [6.45, 7) is 4.70. The molecule has 3 amide bonds. The van der Waals surface area contributed by atoms with E-state index in [-0.39, 0.29) is 23.5 Å². The second-order valence-electron chi connectivity index (χ2n) is 9.48. The predicted octanol–water partition coefficient (Wildman–Crippen LogP) is 2.75. The van der Waals surface area contributed by atoms with Crippen molar-refractivity contribution in [3.63, 3.8) is 0 Å². The van der Waals surface area contributed by atoms with E-state index in [4.69, 9.17) is 0 Å². The normalized spacial score (nSPS) is 29.8. The number of nitrogens with zero attached hydrogens (tertiary/aromatic N) is 4. The molecule has 0 aromatic heterocycles. The molecule has 2 aromatic rings. The molecule has 3 saturated heterocycles. The molecule has 6 rings (SSSR count). The van der Waals surface area contributed by atoms with Crippen LogP contribution in [0, 0.1) is 28.9 Å². The summed E-state index contributed by atoms with van der Waals surface area (Å²) in [5, 5.41) is 11.2. The van der Waals surface area contributed by atoms with E-state index in [1.54, 1.807) is 11.8 Å². The van der Waals surface area contributed by atoms with Crippen LogP contribution < -0.4 is 9.80 Å². The van der Waals surface area contributed by atoms with E-state index in [9.17, 15) is 24.5 Å². The van der Waals surface area contributed by atoms with Gasteiger partial charge in [-0.2, -0.15) is 0 Å². The van der Waals surface area contributed by atoms with Gasteiger partial charge in [0.1, 0.15) is 5.54 Å². The van der Waals surface area contributed by atoms with Crippen LogP contribution in [0.5, 0.6) is 0 Å². The number of likely N-dealkylation sites (N-methyl/N-ethyl adjacent to an activating group) is 1. The number of carbonyl (C=O) groups is 3. The number of rotatable bonds is 3. The van der Waals surface area contributed by atoms with Crippen molar-refractivity contribution < 1.29 is 19.3 Å². The summed E-state index contributed by atoms with van der Waals surface area (Å²) >= 11 is 0. The minimum Gasteiger partial charge on any atom is -0.310 e. The summed E-state index contributed by atoms with van der Waals surface area (Å²) < 4.78 is 0. The van der Waals surface area contributed by atoms with Crippen LogP contribution in [0.25, 0.3) is 0 Å². The van der Waals surface area contributed by atoms with Crippen molar-refractivity contribution in [2.24, 2.45) is 11.8 Å². The van der Waals surface area contributed by atoms with E-state index in [0.717, 1.165) is 24.1 Å². The van der Waals surface area contributed by atoms with Crippen molar-refractivity contribution in [2.75, 3.05) is 22.9 Å². The molecule has 1 spiro atoms. The molecule has 4 aliphatic rings. The van der Waals surface area contributed by atoms with Gasteiger partial charge in [0.15, 0.2) is 0 Å². The number of hydrogen-bond acceptors (Lipinski definition) is 6. The summed E-state index contributed by atoms with van der Waals surface area (Å²) in [6, 6.07) is 11.5. The summed E-state index contributed by atoms with van der Waals surface area (Å²) in [4.78, 5) is 57.8. The van der Waals surface area contributed by atoms with Crippen LogP contribution in [0.2, 0.25) is 0 Å². The maximum absolute atomic E-state index is 14.1. The molecule has 0 bridgehead atoms. The third kappa shape index (κ3) is 2.30. The zero-order valence-corrected chi connectivity index (χ0v) is 18.9. The molecule has 174 valence electrons. The maximum atomic E-state index is 14.1. The highest BCUT2D eigenvalue weighted by Gasteiger charge is 2.75. The van der Waals surface area contributed by atoms with Crippen LogP contribution in [0.1, 0.15) is 30.9 Å². The van der Waals surface area contributed by atoms with Gasteiger partial charge in [0.25, 0.3) is 11.6 Å². The number of nitro groups is 1. The van der Waals surface area contributed by atoms with Crippen LogP contribution in [-0.2, 0) is 19.9 Å². The number of imide groups is 1. The van der Waals surface area contributed by atoms with Crippen LogP contribution in [-0.4, -0.2) is 46.7 Å². The molecule has 0 radical (unpaired) electrons. The SMILES string of the molecule is CCN1C(=O)[C@@]2(c3ccccc31)[C@H]1C(=O)N(c3ccc([N+](=O)[O-])cc3C)C(=O)[C@@H]1[C@H]1CCCN12. The number of nitro benzene ring substituents is 1. The Morgan fingerprint density at radius 1 is 1.09 bits per heavy atom. The molecule has 0 aliphatic carbocycles. The fourth-order valence-corrected chi connectivity index (χ4v) is 6.90. The van der Waals surface area contributed by atoms with Crippen molar-refractivity contribution in [1.29, 1.82) is 0 Å². The van der Waals surface area contributed by atoms with E-state index < -0.39 is 28.2 Å². The number of amides is 3. The van der Waals surface area contributed by atoms with Gasteiger partial charge in [0.05, 0.1) is 22.4 Å². The van der Waals surface area contributed by atoms with Gasteiger partial charge >= 0.3 is 0 Å². The average molecular weight is 460 g/mol. The van der Waals surface area contributed by atoms with Crippen LogP contribution in [0.4, 0.5) is 17.1 Å². The van der Waals surface area contributed by atoms with Crippen LogP contribution >= 0.6 is 0 Å². The van der Waals surface area contributed by atoms with Gasteiger partial charge in [0, 0.05) is 36.0 Å². The first-order valence-corrected chi connectivity index (χ1v) is 11.6. The Bertz CT molecular complexity index is 1290. The molecular weight excluding hydrogens is 436 g/mol. The minimum absolute atomic E-state index is 0.0996. The predicted molar refractivity (Wildman–Crippen MR) is 123 cm³/mol. The Morgan fingerprint density at radius 2 is 1.85 bits per heavy atom. The second-order valence-corrected chi connectivity index (χ2v) is 9.48. The highest BCUT2D eigenvalue weighted by atomic mass is 16.6. The van der Waals surface area contributed by atoms with Crippen molar-refractivity contribution in [1.82, 2.24) is 4.90 Å². The van der Waals surface area contributed by atoms with Gasteiger partial charge in [-0.05, 0) is 50.9 Å². The Kier molecular flexibility index (Phi) is 4.29. The van der Waals surface area contributed by atoms with Crippen molar-refractivity contribution in [3.05, 3.63) is 63.7 Å². The smallest absolute Gasteiger partial charge is 0.269 e. The number of fused-ring (bicyclic) bond motifs is 7. The van der Waals surface area contributed by atoms with Gasteiger partial charge in [-0.25, -0.2) is 4.90 Å².